The maximum atomic E-state index is 12.5. The molecule has 8 heteroatoms. The minimum absolute atomic E-state index is 0.102. The van der Waals surface area contributed by atoms with Gasteiger partial charge in [-0.2, -0.15) is 0 Å². The SMILES string of the molecule is COC(=O)[C@H](CCC[C@@H](O)C(=O)O[C@@H]1CCCC[C@H]1c1ccccc1)NC(=O)OC(C)(C)C. The largest absolute Gasteiger partial charge is 0.467 e. The van der Waals surface area contributed by atoms with Crippen molar-refractivity contribution in [2.24, 2.45) is 0 Å². The topological polar surface area (TPSA) is 111 Å². The average molecular weight is 464 g/mol. The molecule has 0 bridgehead atoms. The average Bonchev–Trinajstić information content (AvgIpc) is 2.77. The van der Waals surface area contributed by atoms with Crippen LogP contribution in [-0.4, -0.2) is 54.1 Å². The Bertz CT molecular complexity index is 775. The van der Waals surface area contributed by atoms with E-state index in [0.29, 0.717) is 6.42 Å². The van der Waals surface area contributed by atoms with Crippen molar-refractivity contribution in [3.63, 3.8) is 0 Å². The quantitative estimate of drug-likeness (QED) is 0.423. The number of aliphatic hydroxyl groups is 1. The standard InChI is InChI=1S/C25H37NO7/c1-25(2,3)33-24(30)26-19(22(28)31-4)14-10-15-20(27)23(29)32-21-16-9-8-13-18(21)17-11-6-5-7-12-17/h5-7,11-12,18-21,27H,8-10,13-16H2,1-4H3,(H,26,30)/t18-,19-,20+,21+/m0/s1. The molecule has 4 atom stereocenters. The van der Waals surface area contributed by atoms with E-state index in [1.54, 1.807) is 20.8 Å². The molecule has 0 heterocycles. The first-order valence-corrected chi connectivity index (χ1v) is 11.6. The molecule has 0 unspecified atom stereocenters. The van der Waals surface area contributed by atoms with E-state index in [0.717, 1.165) is 31.2 Å². The van der Waals surface area contributed by atoms with Gasteiger partial charge in [-0.05, 0) is 64.9 Å². The van der Waals surface area contributed by atoms with E-state index in [1.807, 2.05) is 30.3 Å². The number of alkyl carbamates (subject to hydrolysis) is 1. The number of carbonyl (C=O) groups excluding carboxylic acids is 3. The molecule has 1 aromatic carbocycles. The Morgan fingerprint density at radius 3 is 2.36 bits per heavy atom. The predicted octanol–water partition coefficient (Wildman–Crippen LogP) is 3.85. The minimum atomic E-state index is -1.30. The Labute approximate surface area is 196 Å². The van der Waals surface area contributed by atoms with Gasteiger partial charge in [0.05, 0.1) is 7.11 Å². The van der Waals surface area contributed by atoms with E-state index in [2.05, 4.69) is 5.32 Å². The third-order valence-electron chi connectivity index (χ3n) is 5.62. The normalized spacial score (nSPS) is 20.3. The highest BCUT2D eigenvalue weighted by atomic mass is 16.6. The summed E-state index contributed by atoms with van der Waals surface area (Å²) < 4.78 is 15.6. The van der Waals surface area contributed by atoms with Crippen LogP contribution in [0.15, 0.2) is 30.3 Å². The third kappa shape index (κ3) is 9.04. The zero-order chi connectivity index (χ0) is 24.4. The van der Waals surface area contributed by atoms with E-state index in [-0.39, 0.29) is 24.9 Å². The van der Waals surface area contributed by atoms with Crippen molar-refractivity contribution in [2.75, 3.05) is 7.11 Å². The minimum Gasteiger partial charge on any atom is -0.467 e. The first kappa shape index (κ1) is 26.6. The van der Waals surface area contributed by atoms with Gasteiger partial charge >= 0.3 is 18.0 Å². The number of nitrogens with one attached hydrogen (secondary N) is 1. The molecule has 2 N–H and O–H groups in total. The molecule has 0 spiro atoms. The van der Waals surface area contributed by atoms with Gasteiger partial charge in [0.1, 0.15) is 17.7 Å². The highest BCUT2D eigenvalue weighted by molar-refractivity contribution is 5.81. The number of methoxy groups -OCH3 is 1. The lowest BCUT2D eigenvalue weighted by Crippen LogP contribution is -2.44. The number of hydrogen-bond donors (Lipinski definition) is 2. The van der Waals surface area contributed by atoms with Gasteiger partial charge in [-0.25, -0.2) is 14.4 Å². The predicted molar refractivity (Wildman–Crippen MR) is 123 cm³/mol. The number of esters is 2. The summed E-state index contributed by atoms with van der Waals surface area (Å²) in [5.74, 6) is -1.15. The molecule has 33 heavy (non-hydrogen) atoms. The van der Waals surface area contributed by atoms with Crippen LogP contribution in [-0.2, 0) is 23.8 Å². The van der Waals surface area contributed by atoms with Gasteiger partial charge in [0, 0.05) is 5.92 Å². The highest BCUT2D eigenvalue weighted by Gasteiger charge is 2.32. The van der Waals surface area contributed by atoms with E-state index in [4.69, 9.17) is 14.2 Å². The van der Waals surface area contributed by atoms with E-state index in [1.165, 1.54) is 7.11 Å². The summed E-state index contributed by atoms with van der Waals surface area (Å²) in [6, 6.07) is 9.04. The van der Waals surface area contributed by atoms with Gasteiger partial charge in [-0.15, -0.1) is 0 Å². The third-order valence-corrected chi connectivity index (χ3v) is 5.62. The molecule has 0 saturated heterocycles. The Hall–Kier alpha value is -2.61. The molecule has 184 valence electrons. The summed E-state index contributed by atoms with van der Waals surface area (Å²) in [6.07, 6.45) is 2.06. The first-order valence-electron chi connectivity index (χ1n) is 11.6. The van der Waals surface area contributed by atoms with Crippen LogP contribution >= 0.6 is 0 Å². The molecule has 2 rings (SSSR count). The second kappa shape index (κ2) is 12.6. The zero-order valence-corrected chi connectivity index (χ0v) is 20.0. The summed E-state index contributed by atoms with van der Waals surface area (Å²) in [5, 5.41) is 12.8. The van der Waals surface area contributed by atoms with E-state index < -0.39 is 35.8 Å². The maximum absolute atomic E-state index is 12.5. The molecule has 8 nitrogen and oxygen atoms in total. The fourth-order valence-electron chi connectivity index (χ4n) is 4.02. The fraction of sp³-hybridized carbons (Fsp3) is 0.640. The zero-order valence-electron chi connectivity index (χ0n) is 20.0. The number of aliphatic hydroxyl groups excluding tert-OH is 1. The van der Waals surface area contributed by atoms with Crippen LogP contribution in [0.2, 0.25) is 0 Å². The number of carbonyl (C=O) groups is 3. The van der Waals surface area contributed by atoms with Crippen molar-refractivity contribution in [1.82, 2.24) is 5.32 Å². The van der Waals surface area contributed by atoms with E-state index in [9.17, 15) is 19.5 Å². The van der Waals surface area contributed by atoms with Crippen molar-refractivity contribution >= 4 is 18.0 Å². The molecule has 1 aliphatic carbocycles. The lowest BCUT2D eigenvalue weighted by Gasteiger charge is -2.32. The van der Waals surface area contributed by atoms with Gasteiger partial charge in [-0.3, -0.25) is 0 Å². The second-order valence-corrected chi connectivity index (χ2v) is 9.45. The molecule has 0 radical (unpaired) electrons. The van der Waals surface area contributed by atoms with Crippen molar-refractivity contribution in [1.29, 1.82) is 0 Å². The van der Waals surface area contributed by atoms with Crippen LogP contribution in [0.1, 0.15) is 77.2 Å². The van der Waals surface area contributed by atoms with Crippen LogP contribution < -0.4 is 5.32 Å². The lowest BCUT2D eigenvalue weighted by molar-refractivity contribution is -0.162. The maximum Gasteiger partial charge on any atom is 0.408 e. The fourth-order valence-corrected chi connectivity index (χ4v) is 4.02. The molecule has 1 fully saturated rings. The van der Waals surface area contributed by atoms with Crippen LogP contribution in [0, 0.1) is 0 Å². The number of amides is 1. The number of benzene rings is 1. The lowest BCUT2D eigenvalue weighted by atomic mass is 9.81. The second-order valence-electron chi connectivity index (χ2n) is 9.45. The molecule has 1 saturated carbocycles. The Morgan fingerprint density at radius 2 is 1.73 bits per heavy atom. The Kier molecular flexibility index (Phi) is 10.2. The Morgan fingerprint density at radius 1 is 1.06 bits per heavy atom. The smallest absolute Gasteiger partial charge is 0.408 e. The summed E-state index contributed by atoms with van der Waals surface area (Å²) in [6.45, 7) is 5.16. The van der Waals surface area contributed by atoms with Crippen LogP contribution in [0.5, 0.6) is 0 Å². The molecular formula is C25H37NO7. The molecule has 0 aromatic heterocycles. The summed E-state index contributed by atoms with van der Waals surface area (Å²) in [4.78, 5) is 36.5. The molecule has 1 aromatic rings. The van der Waals surface area contributed by atoms with Gasteiger partial charge in [-0.1, -0.05) is 36.8 Å². The molecular weight excluding hydrogens is 426 g/mol. The van der Waals surface area contributed by atoms with Crippen molar-refractivity contribution in [3.05, 3.63) is 35.9 Å². The van der Waals surface area contributed by atoms with Crippen LogP contribution in [0.3, 0.4) is 0 Å². The number of hydrogen-bond acceptors (Lipinski definition) is 7. The molecule has 1 amide bonds. The van der Waals surface area contributed by atoms with Gasteiger partial charge < -0.3 is 24.6 Å². The number of ether oxygens (including phenoxy) is 3. The van der Waals surface area contributed by atoms with Crippen molar-refractivity contribution < 1.29 is 33.7 Å². The van der Waals surface area contributed by atoms with Gasteiger partial charge in [0.25, 0.3) is 0 Å². The van der Waals surface area contributed by atoms with Crippen molar-refractivity contribution in [3.8, 4) is 0 Å². The Balaban J connectivity index is 1.86. The van der Waals surface area contributed by atoms with Crippen LogP contribution in [0.25, 0.3) is 0 Å². The van der Waals surface area contributed by atoms with Crippen molar-refractivity contribution in [2.45, 2.75) is 95.5 Å². The number of rotatable bonds is 9. The summed E-state index contributed by atoms with van der Waals surface area (Å²) in [7, 11) is 1.23. The van der Waals surface area contributed by atoms with Gasteiger partial charge in [0.2, 0.25) is 0 Å². The molecule has 0 aliphatic heterocycles. The highest BCUT2D eigenvalue weighted by Crippen LogP contribution is 2.35. The summed E-state index contributed by atoms with van der Waals surface area (Å²) in [5.41, 5.74) is 0.431. The van der Waals surface area contributed by atoms with Gasteiger partial charge in [0.15, 0.2) is 6.10 Å². The summed E-state index contributed by atoms with van der Waals surface area (Å²) >= 11 is 0. The monoisotopic (exact) mass is 463 g/mol. The van der Waals surface area contributed by atoms with E-state index >= 15 is 0 Å². The molecule has 1 aliphatic rings. The van der Waals surface area contributed by atoms with Crippen LogP contribution in [0.4, 0.5) is 4.79 Å². The first-order chi connectivity index (χ1) is 15.6.